The molecule has 1 aromatic carbocycles. The van der Waals surface area contributed by atoms with Gasteiger partial charge in [0.25, 0.3) is 0 Å². The molecular formula is C20H34N4O2. The van der Waals surface area contributed by atoms with Gasteiger partial charge >= 0.3 is 0 Å². The first-order chi connectivity index (χ1) is 12.5. The van der Waals surface area contributed by atoms with E-state index >= 15 is 0 Å². The first-order valence-electron chi connectivity index (χ1n) is 9.65. The van der Waals surface area contributed by atoms with Gasteiger partial charge in [-0.25, -0.2) is 4.99 Å². The fraction of sp³-hybridized carbons (Fsp3) is 0.650. The van der Waals surface area contributed by atoms with E-state index in [2.05, 4.69) is 41.3 Å². The molecule has 6 nitrogen and oxygen atoms in total. The van der Waals surface area contributed by atoms with Crippen LogP contribution < -0.4 is 15.4 Å². The SMILES string of the molecule is CCNC(=NCc1cccc(OC)c1O)NC1CCN(CC(C)C)CC1. The van der Waals surface area contributed by atoms with Crippen LogP contribution in [0.1, 0.15) is 39.2 Å². The number of phenolic OH excluding ortho intramolecular Hbond substituents is 1. The minimum atomic E-state index is 0.164. The van der Waals surface area contributed by atoms with E-state index in [1.54, 1.807) is 13.2 Å². The van der Waals surface area contributed by atoms with Gasteiger partial charge in [0.05, 0.1) is 13.7 Å². The molecule has 2 rings (SSSR count). The van der Waals surface area contributed by atoms with Gasteiger partial charge in [0.1, 0.15) is 0 Å². The number of likely N-dealkylation sites (tertiary alicyclic amines) is 1. The van der Waals surface area contributed by atoms with Crippen molar-refractivity contribution in [3.63, 3.8) is 0 Å². The van der Waals surface area contributed by atoms with Gasteiger partial charge in [0.15, 0.2) is 17.5 Å². The summed E-state index contributed by atoms with van der Waals surface area (Å²) in [6.07, 6.45) is 2.25. The molecule has 1 saturated heterocycles. The van der Waals surface area contributed by atoms with E-state index in [-0.39, 0.29) is 5.75 Å². The number of ether oxygens (including phenoxy) is 1. The number of hydrogen-bond donors (Lipinski definition) is 3. The maximum Gasteiger partial charge on any atom is 0.191 e. The summed E-state index contributed by atoms with van der Waals surface area (Å²) < 4.78 is 5.16. The summed E-state index contributed by atoms with van der Waals surface area (Å²) in [5, 5.41) is 17.1. The minimum Gasteiger partial charge on any atom is -0.504 e. The number of phenols is 1. The molecule has 0 radical (unpaired) electrons. The number of rotatable bonds is 7. The number of benzene rings is 1. The molecule has 1 aliphatic rings. The lowest BCUT2D eigenvalue weighted by Crippen LogP contribution is -2.49. The number of piperidine rings is 1. The number of guanidine groups is 1. The molecule has 146 valence electrons. The van der Waals surface area contributed by atoms with Gasteiger partial charge in [0, 0.05) is 37.8 Å². The number of nitrogens with one attached hydrogen (secondary N) is 2. The smallest absolute Gasteiger partial charge is 0.191 e. The third-order valence-corrected chi connectivity index (χ3v) is 4.61. The first kappa shape index (κ1) is 20.4. The second-order valence-electron chi connectivity index (χ2n) is 7.28. The van der Waals surface area contributed by atoms with E-state index in [0.717, 1.165) is 44.0 Å². The van der Waals surface area contributed by atoms with Gasteiger partial charge < -0.3 is 25.4 Å². The maximum absolute atomic E-state index is 10.2. The highest BCUT2D eigenvalue weighted by Crippen LogP contribution is 2.29. The van der Waals surface area contributed by atoms with Gasteiger partial charge in [-0.1, -0.05) is 26.0 Å². The number of aromatic hydroxyl groups is 1. The predicted molar refractivity (Wildman–Crippen MR) is 107 cm³/mol. The van der Waals surface area contributed by atoms with Crippen molar-refractivity contribution in [1.29, 1.82) is 0 Å². The lowest BCUT2D eigenvalue weighted by Gasteiger charge is -2.34. The Morgan fingerprint density at radius 3 is 2.69 bits per heavy atom. The standard InChI is InChI=1S/C20H34N4O2/c1-5-21-20(22-13-16-7-6-8-18(26-4)19(16)25)23-17-9-11-24(12-10-17)14-15(2)3/h6-8,15,17,25H,5,9-14H2,1-4H3,(H2,21,22,23). The summed E-state index contributed by atoms with van der Waals surface area (Å²) in [6.45, 7) is 11.3. The van der Waals surface area contributed by atoms with Crippen LogP contribution >= 0.6 is 0 Å². The average Bonchev–Trinajstić information content (AvgIpc) is 2.62. The molecule has 26 heavy (non-hydrogen) atoms. The third-order valence-electron chi connectivity index (χ3n) is 4.61. The van der Waals surface area contributed by atoms with E-state index in [1.165, 1.54) is 6.54 Å². The highest BCUT2D eigenvalue weighted by atomic mass is 16.5. The number of para-hydroxylation sites is 1. The molecule has 0 aliphatic carbocycles. The van der Waals surface area contributed by atoms with Crippen LogP contribution in [-0.2, 0) is 6.54 Å². The second-order valence-corrected chi connectivity index (χ2v) is 7.28. The highest BCUT2D eigenvalue weighted by Gasteiger charge is 2.20. The van der Waals surface area contributed by atoms with Crippen molar-refractivity contribution in [2.24, 2.45) is 10.9 Å². The lowest BCUT2D eigenvalue weighted by molar-refractivity contribution is 0.187. The molecule has 6 heteroatoms. The molecule has 0 spiro atoms. The predicted octanol–water partition coefficient (Wildman–Crippen LogP) is 2.58. The Morgan fingerprint density at radius 2 is 2.08 bits per heavy atom. The average molecular weight is 363 g/mol. The van der Waals surface area contributed by atoms with Gasteiger partial charge in [-0.2, -0.15) is 0 Å². The molecule has 0 aromatic heterocycles. The molecule has 0 bridgehead atoms. The van der Waals surface area contributed by atoms with Crippen LogP contribution in [0.4, 0.5) is 0 Å². The van der Waals surface area contributed by atoms with Gasteiger partial charge in [0.2, 0.25) is 0 Å². The monoisotopic (exact) mass is 362 g/mol. The number of hydrogen-bond acceptors (Lipinski definition) is 4. The number of aliphatic imine (C=N–C) groups is 1. The Labute approximate surface area is 157 Å². The molecule has 0 saturated carbocycles. The van der Waals surface area contributed by atoms with Gasteiger partial charge in [-0.3, -0.25) is 0 Å². The third kappa shape index (κ3) is 6.09. The normalized spacial score (nSPS) is 16.7. The van der Waals surface area contributed by atoms with Gasteiger partial charge in [-0.15, -0.1) is 0 Å². The summed E-state index contributed by atoms with van der Waals surface area (Å²) in [5.41, 5.74) is 0.758. The van der Waals surface area contributed by atoms with E-state index in [0.29, 0.717) is 24.3 Å². The quantitative estimate of drug-likeness (QED) is 0.514. The minimum absolute atomic E-state index is 0.164. The lowest BCUT2D eigenvalue weighted by atomic mass is 10.0. The second kappa shape index (κ2) is 10.3. The van der Waals surface area contributed by atoms with Crippen molar-refractivity contribution >= 4 is 5.96 Å². The molecular weight excluding hydrogens is 328 g/mol. The molecule has 1 aliphatic heterocycles. The van der Waals surface area contributed by atoms with Crippen molar-refractivity contribution in [3.05, 3.63) is 23.8 Å². The van der Waals surface area contributed by atoms with Crippen molar-refractivity contribution in [2.75, 3.05) is 33.3 Å². The van der Waals surface area contributed by atoms with E-state index in [1.807, 2.05) is 12.1 Å². The van der Waals surface area contributed by atoms with Crippen LogP contribution in [0.15, 0.2) is 23.2 Å². The zero-order chi connectivity index (χ0) is 18.9. The summed E-state index contributed by atoms with van der Waals surface area (Å²) in [5.74, 6) is 2.16. The summed E-state index contributed by atoms with van der Waals surface area (Å²) in [7, 11) is 1.55. The molecule has 1 aromatic rings. The molecule has 1 heterocycles. The van der Waals surface area contributed by atoms with Crippen molar-refractivity contribution in [2.45, 2.75) is 46.2 Å². The number of methoxy groups -OCH3 is 1. The fourth-order valence-corrected chi connectivity index (χ4v) is 3.31. The maximum atomic E-state index is 10.2. The number of nitrogens with zero attached hydrogens (tertiary/aromatic N) is 2. The van der Waals surface area contributed by atoms with Crippen molar-refractivity contribution in [3.8, 4) is 11.5 Å². The van der Waals surface area contributed by atoms with Crippen LogP contribution in [0.25, 0.3) is 0 Å². The van der Waals surface area contributed by atoms with Gasteiger partial charge in [-0.05, 0) is 31.7 Å². The summed E-state index contributed by atoms with van der Waals surface area (Å²) in [4.78, 5) is 7.19. The zero-order valence-corrected chi connectivity index (χ0v) is 16.6. The Balaban J connectivity index is 1.93. The fourth-order valence-electron chi connectivity index (χ4n) is 3.31. The topological polar surface area (TPSA) is 69.1 Å². The summed E-state index contributed by atoms with van der Waals surface area (Å²) >= 11 is 0. The molecule has 0 unspecified atom stereocenters. The van der Waals surface area contributed by atoms with Crippen LogP contribution in [-0.4, -0.2) is 55.3 Å². The van der Waals surface area contributed by atoms with E-state index < -0.39 is 0 Å². The summed E-state index contributed by atoms with van der Waals surface area (Å²) in [6, 6.07) is 5.93. The van der Waals surface area contributed by atoms with Crippen LogP contribution in [0.3, 0.4) is 0 Å². The van der Waals surface area contributed by atoms with Crippen molar-refractivity contribution in [1.82, 2.24) is 15.5 Å². The Bertz CT molecular complexity index is 581. The van der Waals surface area contributed by atoms with Crippen molar-refractivity contribution < 1.29 is 9.84 Å². The molecule has 1 fully saturated rings. The largest absolute Gasteiger partial charge is 0.504 e. The highest BCUT2D eigenvalue weighted by molar-refractivity contribution is 5.80. The molecule has 0 amide bonds. The Kier molecular flexibility index (Phi) is 8.04. The molecule has 0 atom stereocenters. The van der Waals surface area contributed by atoms with Crippen LogP contribution in [0.2, 0.25) is 0 Å². The van der Waals surface area contributed by atoms with Crippen LogP contribution in [0.5, 0.6) is 11.5 Å². The van der Waals surface area contributed by atoms with Crippen LogP contribution in [0, 0.1) is 5.92 Å². The Morgan fingerprint density at radius 1 is 1.35 bits per heavy atom. The Hall–Kier alpha value is -1.95. The van der Waals surface area contributed by atoms with E-state index in [4.69, 9.17) is 4.74 Å². The zero-order valence-electron chi connectivity index (χ0n) is 16.6. The van der Waals surface area contributed by atoms with E-state index in [9.17, 15) is 5.11 Å². The molecule has 3 N–H and O–H groups in total. The first-order valence-corrected chi connectivity index (χ1v) is 9.65.